The van der Waals surface area contributed by atoms with Crippen LogP contribution in [0.25, 0.3) is 0 Å². The zero-order valence-electron chi connectivity index (χ0n) is 12.2. The molecule has 1 aliphatic rings. The molecule has 0 bridgehead atoms. The lowest BCUT2D eigenvalue weighted by Crippen LogP contribution is -2.25. The fourth-order valence-electron chi connectivity index (χ4n) is 2.07. The van der Waals surface area contributed by atoms with Gasteiger partial charge in [-0.3, -0.25) is 0 Å². The number of rotatable bonds is 6. The summed E-state index contributed by atoms with van der Waals surface area (Å²) < 4.78 is 27.3. The standard InChI is InChI=1S/C16H21NO3S/c1-13-5-6-15(4-2-3-11-18)12-16(13)21(19,20)17-10-9-14-7-8-14/h5-6,12,14,17-18H,3,7-11H2,1H3. The van der Waals surface area contributed by atoms with Crippen LogP contribution in [-0.2, 0) is 10.0 Å². The number of benzene rings is 1. The molecule has 2 N–H and O–H groups in total. The minimum absolute atomic E-state index is 0.00669. The third-order valence-corrected chi connectivity index (χ3v) is 5.09. The van der Waals surface area contributed by atoms with Gasteiger partial charge in [0.1, 0.15) is 0 Å². The summed E-state index contributed by atoms with van der Waals surface area (Å²) in [6.07, 6.45) is 3.73. The van der Waals surface area contributed by atoms with E-state index in [0.717, 1.165) is 6.42 Å². The van der Waals surface area contributed by atoms with E-state index in [1.807, 2.05) is 0 Å². The van der Waals surface area contributed by atoms with Gasteiger partial charge in [-0.05, 0) is 37.0 Å². The van der Waals surface area contributed by atoms with E-state index < -0.39 is 10.0 Å². The Morgan fingerprint density at radius 1 is 1.38 bits per heavy atom. The van der Waals surface area contributed by atoms with Gasteiger partial charge in [0.05, 0.1) is 11.5 Å². The van der Waals surface area contributed by atoms with Crippen molar-refractivity contribution < 1.29 is 13.5 Å². The highest BCUT2D eigenvalue weighted by molar-refractivity contribution is 7.89. The number of nitrogens with one attached hydrogen (secondary N) is 1. The van der Waals surface area contributed by atoms with E-state index in [0.29, 0.717) is 30.0 Å². The van der Waals surface area contributed by atoms with Gasteiger partial charge in [0.25, 0.3) is 0 Å². The SMILES string of the molecule is Cc1ccc(C#CCCO)cc1S(=O)(=O)NCCC1CC1. The molecule has 5 heteroatoms. The van der Waals surface area contributed by atoms with Gasteiger partial charge in [-0.2, -0.15) is 0 Å². The topological polar surface area (TPSA) is 66.4 Å². The van der Waals surface area contributed by atoms with E-state index in [9.17, 15) is 8.42 Å². The van der Waals surface area contributed by atoms with Gasteiger partial charge >= 0.3 is 0 Å². The maximum atomic E-state index is 12.3. The Labute approximate surface area is 126 Å². The molecule has 0 heterocycles. The van der Waals surface area contributed by atoms with Gasteiger partial charge < -0.3 is 5.11 Å². The van der Waals surface area contributed by atoms with Crippen molar-refractivity contribution in [2.24, 2.45) is 5.92 Å². The quantitative estimate of drug-likeness (QED) is 0.788. The molecule has 1 fully saturated rings. The summed E-state index contributed by atoms with van der Waals surface area (Å²) in [7, 11) is -3.48. The second kappa shape index (κ2) is 7.08. The van der Waals surface area contributed by atoms with Crippen LogP contribution in [0.5, 0.6) is 0 Å². The summed E-state index contributed by atoms with van der Waals surface area (Å²) in [4.78, 5) is 0.286. The van der Waals surface area contributed by atoms with Gasteiger partial charge in [0.2, 0.25) is 10.0 Å². The second-order valence-electron chi connectivity index (χ2n) is 5.39. The molecule has 0 saturated heterocycles. The van der Waals surface area contributed by atoms with Crippen molar-refractivity contribution in [3.8, 4) is 11.8 Å². The van der Waals surface area contributed by atoms with E-state index in [4.69, 9.17) is 5.11 Å². The van der Waals surface area contributed by atoms with E-state index >= 15 is 0 Å². The molecule has 1 aromatic carbocycles. The smallest absolute Gasteiger partial charge is 0.240 e. The molecule has 21 heavy (non-hydrogen) atoms. The second-order valence-corrected chi connectivity index (χ2v) is 7.12. The molecular formula is C16H21NO3S. The molecule has 2 rings (SSSR count). The zero-order chi connectivity index (χ0) is 15.3. The lowest BCUT2D eigenvalue weighted by atomic mass is 10.1. The first-order valence-corrected chi connectivity index (χ1v) is 8.71. The van der Waals surface area contributed by atoms with E-state index in [1.165, 1.54) is 12.8 Å². The van der Waals surface area contributed by atoms with Crippen LogP contribution in [0.4, 0.5) is 0 Å². The Morgan fingerprint density at radius 2 is 2.14 bits per heavy atom. The molecule has 114 valence electrons. The molecule has 1 aliphatic carbocycles. The Kier molecular flexibility index (Phi) is 5.40. The molecule has 0 spiro atoms. The summed E-state index contributed by atoms with van der Waals surface area (Å²) in [5.41, 5.74) is 1.36. The summed E-state index contributed by atoms with van der Waals surface area (Å²) in [5.74, 6) is 6.37. The third-order valence-electron chi connectivity index (χ3n) is 3.49. The van der Waals surface area contributed by atoms with Crippen LogP contribution >= 0.6 is 0 Å². The van der Waals surface area contributed by atoms with Crippen LogP contribution in [0.15, 0.2) is 23.1 Å². The van der Waals surface area contributed by atoms with Crippen molar-refractivity contribution in [2.75, 3.05) is 13.2 Å². The third kappa shape index (κ3) is 4.85. The zero-order valence-corrected chi connectivity index (χ0v) is 13.0. The fraction of sp³-hybridized carbons (Fsp3) is 0.500. The van der Waals surface area contributed by atoms with Crippen LogP contribution in [0.1, 0.15) is 36.8 Å². The van der Waals surface area contributed by atoms with Gasteiger partial charge in [-0.15, -0.1) is 0 Å². The predicted octanol–water partition coefficient (Wildman–Crippen LogP) is 1.81. The normalized spacial score (nSPS) is 14.6. The van der Waals surface area contributed by atoms with E-state index in [-0.39, 0.29) is 11.5 Å². The number of hydrogen-bond donors (Lipinski definition) is 2. The summed E-state index contributed by atoms with van der Waals surface area (Å²) in [6.45, 7) is 2.28. The first kappa shape index (κ1) is 16.0. The monoisotopic (exact) mass is 307 g/mol. The van der Waals surface area contributed by atoms with E-state index in [2.05, 4.69) is 16.6 Å². The molecule has 0 radical (unpaired) electrons. The fourth-order valence-corrected chi connectivity index (χ4v) is 3.39. The number of aryl methyl sites for hydroxylation is 1. The van der Waals surface area contributed by atoms with Crippen LogP contribution in [0.2, 0.25) is 0 Å². The molecule has 0 aromatic heterocycles. The first-order chi connectivity index (χ1) is 10.0. The maximum Gasteiger partial charge on any atom is 0.240 e. The van der Waals surface area contributed by atoms with Gasteiger partial charge in [0, 0.05) is 18.5 Å². The predicted molar refractivity (Wildman–Crippen MR) is 82.3 cm³/mol. The van der Waals surface area contributed by atoms with Crippen molar-refractivity contribution in [3.05, 3.63) is 29.3 Å². The van der Waals surface area contributed by atoms with Gasteiger partial charge in [-0.1, -0.05) is 30.7 Å². The molecule has 1 aromatic rings. The summed E-state index contributed by atoms with van der Waals surface area (Å²) >= 11 is 0. The highest BCUT2D eigenvalue weighted by Crippen LogP contribution is 2.31. The van der Waals surface area contributed by atoms with Crippen molar-refractivity contribution in [1.29, 1.82) is 0 Å². The number of aliphatic hydroxyl groups is 1. The number of aliphatic hydroxyl groups excluding tert-OH is 1. The van der Waals surface area contributed by atoms with Crippen molar-refractivity contribution in [1.82, 2.24) is 4.72 Å². The Bertz CT molecular complexity index is 652. The molecule has 0 aliphatic heterocycles. The molecule has 0 amide bonds. The molecule has 4 nitrogen and oxygen atoms in total. The van der Waals surface area contributed by atoms with Crippen LogP contribution in [0, 0.1) is 24.7 Å². The Balaban J connectivity index is 2.12. The van der Waals surface area contributed by atoms with Gasteiger partial charge in [0.15, 0.2) is 0 Å². The van der Waals surface area contributed by atoms with Crippen LogP contribution in [0.3, 0.4) is 0 Å². The first-order valence-electron chi connectivity index (χ1n) is 7.23. The molecule has 1 saturated carbocycles. The highest BCUT2D eigenvalue weighted by atomic mass is 32.2. The molecular weight excluding hydrogens is 286 g/mol. The van der Waals surface area contributed by atoms with E-state index in [1.54, 1.807) is 25.1 Å². The van der Waals surface area contributed by atoms with Crippen molar-refractivity contribution in [2.45, 2.75) is 37.5 Å². The van der Waals surface area contributed by atoms with Gasteiger partial charge in [-0.25, -0.2) is 13.1 Å². The van der Waals surface area contributed by atoms with Crippen LogP contribution < -0.4 is 4.72 Å². The maximum absolute atomic E-state index is 12.3. The lowest BCUT2D eigenvalue weighted by molar-refractivity contribution is 0.305. The van der Waals surface area contributed by atoms with Crippen molar-refractivity contribution >= 4 is 10.0 Å². The minimum atomic E-state index is -3.48. The number of hydrogen-bond acceptors (Lipinski definition) is 3. The Hall–Kier alpha value is -1.35. The van der Waals surface area contributed by atoms with Crippen molar-refractivity contribution in [3.63, 3.8) is 0 Å². The highest BCUT2D eigenvalue weighted by Gasteiger charge is 2.22. The number of sulfonamides is 1. The van der Waals surface area contributed by atoms with Crippen LogP contribution in [-0.4, -0.2) is 26.7 Å². The minimum Gasteiger partial charge on any atom is -0.395 e. The Morgan fingerprint density at radius 3 is 2.81 bits per heavy atom. The lowest BCUT2D eigenvalue weighted by Gasteiger charge is -2.09. The average molecular weight is 307 g/mol. The molecule has 0 unspecified atom stereocenters. The summed E-state index contributed by atoms with van der Waals surface area (Å²) in [6, 6.07) is 5.15. The molecule has 0 atom stereocenters. The average Bonchev–Trinajstić information content (AvgIpc) is 3.25. The largest absolute Gasteiger partial charge is 0.395 e. The summed E-state index contributed by atoms with van der Waals surface area (Å²) in [5, 5.41) is 8.71.